The molecule has 0 aliphatic rings. The molecule has 1 aromatic carbocycles. The van der Waals surface area contributed by atoms with Gasteiger partial charge in [-0.2, -0.15) is 0 Å². The summed E-state index contributed by atoms with van der Waals surface area (Å²) in [6.45, 7) is -0.359. The Morgan fingerprint density at radius 1 is 1.14 bits per heavy atom. The largest absolute Gasteiger partial charge is 0.573 e. The summed E-state index contributed by atoms with van der Waals surface area (Å²) in [7, 11) is 0. The molecule has 1 heterocycles. The molecule has 0 spiro atoms. The van der Waals surface area contributed by atoms with Crippen molar-refractivity contribution in [3.63, 3.8) is 0 Å². The van der Waals surface area contributed by atoms with E-state index in [9.17, 15) is 22.0 Å². The number of aromatic nitrogens is 1. The molecule has 2 rings (SSSR count). The van der Waals surface area contributed by atoms with E-state index in [4.69, 9.17) is 10.5 Å². The van der Waals surface area contributed by atoms with Crippen LogP contribution in [-0.4, -0.2) is 30.3 Å². The lowest BCUT2D eigenvalue weighted by molar-refractivity contribution is -0.274. The van der Waals surface area contributed by atoms with E-state index in [0.717, 1.165) is 0 Å². The number of alkyl halides is 5. The van der Waals surface area contributed by atoms with E-state index in [-0.39, 0.29) is 30.7 Å². The van der Waals surface area contributed by atoms with Crippen molar-refractivity contribution in [3.8, 4) is 11.6 Å². The number of ether oxygens (including phenoxy) is 2. The molecule has 0 aliphatic heterocycles. The molecule has 6 nitrogen and oxygen atoms in total. The van der Waals surface area contributed by atoms with Gasteiger partial charge in [-0.1, -0.05) is 12.1 Å². The third-order valence-electron chi connectivity index (χ3n) is 3.22. The topological polar surface area (TPSA) is 81.8 Å². The lowest BCUT2D eigenvalue weighted by Crippen LogP contribution is -2.31. The van der Waals surface area contributed by atoms with Crippen LogP contribution in [0, 0.1) is 0 Å². The van der Waals surface area contributed by atoms with Crippen LogP contribution in [0.15, 0.2) is 47.6 Å². The van der Waals surface area contributed by atoms with Crippen molar-refractivity contribution in [2.24, 2.45) is 10.7 Å². The Balaban J connectivity index is 1.83. The van der Waals surface area contributed by atoms with E-state index in [0.29, 0.717) is 11.1 Å². The molecule has 152 valence electrons. The maximum Gasteiger partial charge on any atom is 0.573 e. The number of rotatable bonds is 8. The van der Waals surface area contributed by atoms with E-state index in [1.807, 2.05) is 0 Å². The number of pyridine rings is 1. The average Bonchev–Trinajstić information content (AvgIpc) is 2.63. The summed E-state index contributed by atoms with van der Waals surface area (Å²) in [6, 6.07) is 8.39. The summed E-state index contributed by atoms with van der Waals surface area (Å²) in [4.78, 5) is 7.90. The highest BCUT2D eigenvalue weighted by molar-refractivity contribution is 5.77. The fourth-order valence-electron chi connectivity index (χ4n) is 2.01. The Morgan fingerprint density at radius 2 is 1.86 bits per heavy atom. The van der Waals surface area contributed by atoms with Crippen molar-refractivity contribution in [3.05, 3.63) is 53.7 Å². The molecule has 0 saturated heterocycles. The molecule has 0 radical (unpaired) electrons. The average molecular weight is 404 g/mol. The molecule has 0 saturated carbocycles. The van der Waals surface area contributed by atoms with Crippen molar-refractivity contribution in [1.29, 1.82) is 0 Å². The first kappa shape index (κ1) is 21.2. The normalized spacial score (nSPS) is 12.1. The van der Waals surface area contributed by atoms with Crippen LogP contribution in [0.1, 0.15) is 11.1 Å². The number of hydrogen-bond acceptors (Lipinski definition) is 4. The molecule has 1 aromatic heterocycles. The standard InChI is InChI=1S/C17H17F5N4O2/c18-14(19)10-27-15-7-12(5-6-24-15)9-26-16(23)25-8-11-1-3-13(4-2-11)28-17(20,21)22/h1-7,14H,8-10H2,(H3,23,25,26). The maximum atomic E-state index is 12.1. The van der Waals surface area contributed by atoms with Crippen molar-refractivity contribution in [2.75, 3.05) is 6.61 Å². The second-order valence-corrected chi connectivity index (χ2v) is 5.45. The van der Waals surface area contributed by atoms with Gasteiger partial charge < -0.3 is 20.5 Å². The number of nitrogens with zero attached hydrogens (tertiary/aromatic N) is 2. The van der Waals surface area contributed by atoms with Crippen molar-refractivity contribution in [2.45, 2.75) is 25.9 Å². The molecule has 0 amide bonds. The SMILES string of the molecule is NC(=NCc1ccnc(OCC(F)F)c1)NCc1ccc(OC(F)(F)F)cc1. The summed E-state index contributed by atoms with van der Waals surface area (Å²) in [5, 5.41) is 2.81. The summed E-state index contributed by atoms with van der Waals surface area (Å²) >= 11 is 0. The molecule has 11 heteroatoms. The molecule has 3 N–H and O–H groups in total. The summed E-state index contributed by atoms with van der Waals surface area (Å²) in [6.07, 6.45) is -5.94. The molecular formula is C17H17F5N4O2. The number of hydrogen-bond donors (Lipinski definition) is 2. The van der Waals surface area contributed by atoms with Gasteiger partial charge in [0.2, 0.25) is 5.88 Å². The third kappa shape index (κ3) is 8.06. The quantitative estimate of drug-likeness (QED) is 0.401. The summed E-state index contributed by atoms with van der Waals surface area (Å²) in [5.41, 5.74) is 7.05. The minimum absolute atomic E-state index is 0.0562. The van der Waals surface area contributed by atoms with Crippen molar-refractivity contribution < 1.29 is 31.4 Å². The molecular weight excluding hydrogens is 387 g/mol. The number of benzene rings is 1. The van der Waals surface area contributed by atoms with Crippen LogP contribution >= 0.6 is 0 Å². The van der Waals surface area contributed by atoms with Gasteiger partial charge in [0.25, 0.3) is 6.43 Å². The highest BCUT2D eigenvalue weighted by atomic mass is 19.4. The predicted octanol–water partition coefficient (Wildman–Crippen LogP) is 3.23. The Bertz CT molecular complexity index is 782. The van der Waals surface area contributed by atoms with Crippen LogP contribution < -0.4 is 20.5 Å². The van der Waals surface area contributed by atoms with Crippen molar-refractivity contribution >= 4 is 5.96 Å². The zero-order valence-electron chi connectivity index (χ0n) is 14.4. The van der Waals surface area contributed by atoms with Gasteiger partial charge in [-0.3, -0.25) is 0 Å². The van der Waals surface area contributed by atoms with Gasteiger partial charge in [-0.25, -0.2) is 18.8 Å². The first-order valence-corrected chi connectivity index (χ1v) is 7.95. The zero-order chi connectivity index (χ0) is 20.6. The molecule has 0 aliphatic carbocycles. The van der Waals surface area contributed by atoms with E-state index in [1.54, 1.807) is 6.07 Å². The van der Waals surface area contributed by atoms with Crippen LogP contribution in [0.2, 0.25) is 0 Å². The van der Waals surface area contributed by atoms with Gasteiger partial charge in [0.15, 0.2) is 12.6 Å². The molecule has 2 aromatic rings. The summed E-state index contributed by atoms with van der Waals surface area (Å²) < 4.78 is 69.2. The van der Waals surface area contributed by atoms with Gasteiger partial charge in [0.1, 0.15) is 5.75 Å². The third-order valence-corrected chi connectivity index (χ3v) is 3.22. The zero-order valence-corrected chi connectivity index (χ0v) is 14.4. The molecule has 0 atom stereocenters. The number of nitrogens with one attached hydrogen (secondary N) is 1. The minimum atomic E-state index is -4.74. The Hall–Kier alpha value is -3.11. The number of aliphatic imine (C=N–C) groups is 1. The smallest absolute Gasteiger partial charge is 0.472 e. The fraction of sp³-hybridized carbons (Fsp3) is 0.294. The Morgan fingerprint density at radius 3 is 2.50 bits per heavy atom. The monoisotopic (exact) mass is 404 g/mol. The van der Waals surface area contributed by atoms with E-state index in [1.165, 1.54) is 36.5 Å². The van der Waals surface area contributed by atoms with Crippen LogP contribution in [0.25, 0.3) is 0 Å². The van der Waals surface area contributed by atoms with E-state index in [2.05, 4.69) is 20.0 Å². The van der Waals surface area contributed by atoms with Gasteiger partial charge >= 0.3 is 6.36 Å². The van der Waals surface area contributed by atoms with Crippen LogP contribution in [0.3, 0.4) is 0 Å². The second-order valence-electron chi connectivity index (χ2n) is 5.45. The van der Waals surface area contributed by atoms with Crippen LogP contribution in [0.5, 0.6) is 11.6 Å². The highest BCUT2D eigenvalue weighted by Gasteiger charge is 2.30. The first-order chi connectivity index (χ1) is 13.2. The summed E-state index contributed by atoms with van der Waals surface area (Å²) in [5.74, 6) is -0.163. The van der Waals surface area contributed by atoms with E-state index >= 15 is 0 Å². The number of nitrogens with two attached hydrogens (primary N) is 1. The fourth-order valence-corrected chi connectivity index (χ4v) is 2.01. The Labute approximate surface area is 157 Å². The van der Waals surface area contributed by atoms with Gasteiger partial charge in [-0.05, 0) is 29.3 Å². The van der Waals surface area contributed by atoms with E-state index < -0.39 is 19.4 Å². The minimum Gasteiger partial charge on any atom is -0.472 e. The molecule has 0 unspecified atom stereocenters. The molecule has 28 heavy (non-hydrogen) atoms. The second kappa shape index (κ2) is 9.72. The lowest BCUT2D eigenvalue weighted by Gasteiger charge is -2.10. The number of guanidine groups is 1. The highest BCUT2D eigenvalue weighted by Crippen LogP contribution is 2.22. The van der Waals surface area contributed by atoms with Crippen molar-refractivity contribution in [1.82, 2.24) is 10.3 Å². The predicted molar refractivity (Wildman–Crippen MR) is 91.0 cm³/mol. The van der Waals surface area contributed by atoms with Gasteiger partial charge in [-0.15, -0.1) is 13.2 Å². The molecule has 0 fully saturated rings. The molecule has 0 bridgehead atoms. The Kier molecular flexibility index (Phi) is 7.36. The maximum absolute atomic E-state index is 12.1. The lowest BCUT2D eigenvalue weighted by atomic mass is 10.2. The first-order valence-electron chi connectivity index (χ1n) is 7.95. The van der Waals surface area contributed by atoms with Gasteiger partial charge in [0.05, 0.1) is 6.54 Å². The van der Waals surface area contributed by atoms with Crippen LogP contribution in [-0.2, 0) is 13.1 Å². The van der Waals surface area contributed by atoms with Crippen LogP contribution in [0.4, 0.5) is 22.0 Å². The number of halogens is 5. The van der Waals surface area contributed by atoms with Gasteiger partial charge in [0, 0.05) is 18.8 Å².